The van der Waals surface area contributed by atoms with Gasteiger partial charge in [-0.25, -0.2) is 0 Å². The Labute approximate surface area is 142 Å². The summed E-state index contributed by atoms with van der Waals surface area (Å²) in [7, 11) is 0. The highest BCUT2D eigenvalue weighted by molar-refractivity contribution is 5.90. The van der Waals surface area contributed by atoms with Gasteiger partial charge in [-0.3, -0.25) is 4.79 Å². The van der Waals surface area contributed by atoms with Crippen molar-refractivity contribution in [2.24, 2.45) is 5.92 Å². The van der Waals surface area contributed by atoms with Crippen LogP contribution in [0, 0.1) is 5.92 Å². The quantitative estimate of drug-likeness (QED) is 0.905. The number of likely N-dealkylation sites (tertiary alicyclic amines) is 1. The minimum Gasteiger partial charge on any atom is -0.396 e. The van der Waals surface area contributed by atoms with Gasteiger partial charge in [-0.1, -0.05) is 60.7 Å². The molecule has 1 heterocycles. The third kappa shape index (κ3) is 3.07. The molecule has 1 saturated heterocycles. The lowest BCUT2D eigenvalue weighted by atomic mass is 9.84. The summed E-state index contributed by atoms with van der Waals surface area (Å²) in [5, 5.41) is 20.7. The lowest BCUT2D eigenvalue weighted by Crippen LogP contribution is -2.50. The monoisotopic (exact) mass is 325 g/mol. The Balaban J connectivity index is 1.95. The highest BCUT2D eigenvalue weighted by Gasteiger charge is 2.43. The Morgan fingerprint density at radius 3 is 1.83 bits per heavy atom. The third-order valence-electron chi connectivity index (χ3n) is 4.85. The van der Waals surface area contributed by atoms with Crippen LogP contribution in [0.25, 0.3) is 0 Å². The number of piperidine rings is 1. The highest BCUT2D eigenvalue weighted by atomic mass is 16.3. The third-order valence-corrected chi connectivity index (χ3v) is 4.85. The van der Waals surface area contributed by atoms with Crippen molar-refractivity contribution in [2.45, 2.75) is 18.4 Å². The Morgan fingerprint density at radius 2 is 1.42 bits per heavy atom. The summed E-state index contributed by atoms with van der Waals surface area (Å²) < 4.78 is 0. The number of rotatable bonds is 4. The summed E-state index contributed by atoms with van der Waals surface area (Å²) in [5.41, 5.74) is -0.537. The number of aliphatic hydroxyl groups is 2. The first-order valence-electron chi connectivity index (χ1n) is 8.40. The second-order valence-corrected chi connectivity index (χ2v) is 6.36. The molecule has 2 aromatic rings. The van der Waals surface area contributed by atoms with Crippen LogP contribution in [0.2, 0.25) is 0 Å². The molecule has 0 radical (unpaired) electrons. The van der Waals surface area contributed by atoms with E-state index in [4.69, 9.17) is 0 Å². The number of nitrogens with zero attached hydrogens (tertiary/aromatic N) is 1. The van der Waals surface area contributed by atoms with E-state index in [1.54, 1.807) is 29.2 Å². The van der Waals surface area contributed by atoms with Gasteiger partial charge in [0.05, 0.1) is 0 Å². The lowest BCUT2D eigenvalue weighted by Gasteiger charge is -2.37. The predicted molar refractivity (Wildman–Crippen MR) is 92.3 cm³/mol. The first kappa shape index (κ1) is 16.7. The zero-order valence-corrected chi connectivity index (χ0v) is 13.6. The molecule has 0 aliphatic carbocycles. The molecule has 4 nitrogen and oxygen atoms in total. The van der Waals surface area contributed by atoms with Crippen molar-refractivity contribution in [3.05, 3.63) is 71.8 Å². The lowest BCUT2D eigenvalue weighted by molar-refractivity contribution is -0.149. The number of hydrogen-bond donors (Lipinski definition) is 2. The topological polar surface area (TPSA) is 60.8 Å². The molecule has 2 N–H and O–H groups in total. The molecule has 0 bridgehead atoms. The maximum absolute atomic E-state index is 13.2. The second kappa shape index (κ2) is 7.16. The molecular weight excluding hydrogens is 302 g/mol. The van der Waals surface area contributed by atoms with Crippen molar-refractivity contribution < 1.29 is 15.0 Å². The van der Waals surface area contributed by atoms with E-state index in [9.17, 15) is 15.0 Å². The van der Waals surface area contributed by atoms with Gasteiger partial charge < -0.3 is 15.1 Å². The van der Waals surface area contributed by atoms with Gasteiger partial charge in [0.25, 0.3) is 5.91 Å². The molecule has 0 aromatic heterocycles. The Hall–Kier alpha value is -2.17. The van der Waals surface area contributed by atoms with Crippen LogP contribution in [0.4, 0.5) is 0 Å². The molecule has 1 fully saturated rings. The van der Waals surface area contributed by atoms with Gasteiger partial charge >= 0.3 is 0 Å². The summed E-state index contributed by atoms with van der Waals surface area (Å²) >= 11 is 0. The van der Waals surface area contributed by atoms with Crippen molar-refractivity contribution in [1.82, 2.24) is 4.90 Å². The fraction of sp³-hybridized carbons (Fsp3) is 0.350. The van der Waals surface area contributed by atoms with Gasteiger partial charge in [-0.15, -0.1) is 0 Å². The van der Waals surface area contributed by atoms with Crippen LogP contribution >= 0.6 is 0 Å². The van der Waals surface area contributed by atoms with Crippen molar-refractivity contribution in [2.75, 3.05) is 19.7 Å². The molecule has 1 aliphatic heterocycles. The SMILES string of the molecule is O=C(N1CCC(CO)CC1)C(O)(c1ccccc1)c1ccccc1. The van der Waals surface area contributed by atoms with Crippen molar-refractivity contribution in [1.29, 1.82) is 0 Å². The largest absolute Gasteiger partial charge is 0.396 e. The first-order chi connectivity index (χ1) is 11.7. The Morgan fingerprint density at radius 1 is 0.958 bits per heavy atom. The predicted octanol–water partition coefficient (Wildman–Crippen LogP) is 2.15. The zero-order chi connectivity index (χ0) is 17.0. The number of carbonyl (C=O) groups is 1. The van der Waals surface area contributed by atoms with Crippen molar-refractivity contribution in [3.63, 3.8) is 0 Å². The molecule has 0 unspecified atom stereocenters. The molecule has 4 heteroatoms. The molecule has 0 atom stereocenters. The van der Waals surface area contributed by atoms with Gasteiger partial charge in [0.2, 0.25) is 0 Å². The van der Waals surface area contributed by atoms with Crippen LogP contribution in [0.5, 0.6) is 0 Å². The molecular formula is C20H23NO3. The summed E-state index contributed by atoms with van der Waals surface area (Å²) in [4.78, 5) is 14.9. The molecule has 0 saturated carbocycles. The maximum atomic E-state index is 13.2. The van der Waals surface area contributed by atoms with E-state index in [2.05, 4.69) is 0 Å². The highest BCUT2D eigenvalue weighted by Crippen LogP contribution is 2.33. The van der Waals surface area contributed by atoms with Crippen LogP contribution < -0.4 is 0 Å². The van der Waals surface area contributed by atoms with E-state index in [0.717, 1.165) is 12.8 Å². The average molecular weight is 325 g/mol. The van der Waals surface area contributed by atoms with E-state index in [1.807, 2.05) is 36.4 Å². The fourth-order valence-electron chi connectivity index (χ4n) is 3.32. The van der Waals surface area contributed by atoms with Crippen LogP contribution in [-0.2, 0) is 10.4 Å². The van der Waals surface area contributed by atoms with Crippen molar-refractivity contribution in [3.8, 4) is 0 Å². The number of amides is 1. The van der Waals surface area contributed by atoms with Crippen LogP contribution in [-0.4, -0.2) is 40.7 Å². The van der Waals surface area contributed by atoms with Gasteiger partial charge in [-0.05, 0) is 29.9 Å². The van der Waals surface area contributed by atoms with Gasteiger partial charge in [-0.2, -0.15) is 0 Å². The van der Waals surface area contributed by atoms with Gasteiger partial charge in [0.15, 0.2) is 5.60 Å². The summed E-state index contributed by atoms with van der Waals surface area (Å²) in [6.07, 6.45) is 1.53. The molecule has 24 heavy (non-hydrogen) atoms. The van der Waals surface area contributed by atoms with Gasteiger partial charge in [0.1, 0.15) is 0 Å². The van der Waals surface area contributed by atoms with Crippen LogP contribution in [0.1, 0.15) is 24.0 Å². The van der Waals surface area contributed by atoms with E-state index in [0.29, 0.717) is 24.2 Å². The molecule has 126 valence electrons. The Kier molecular flexibility index (Phi) is 4.97. The summed E-state index contributed by atoms with van der Waals surface area (Å²) in [6, 6.07) is 18.2. The normalized spacial score (nSPS) is 16.2. The summed E-state index contributed by atoms with van der Waals surface area (Å²) in [6.45, 7) is 1.28. The number of aliphatic hydroxyl groups excluding tert-OH is 1. The van der Waals surface area contributed by atoms with E-state index >= 15 is 0 Å². The molecule has 0 spiro atoms. The smallest absolute Gasteiger partial charge is 0.263 e. The standard InChI is InChI=1S/C20H23NO3/c22-15-16-11-13-21(14-12-16)19(23)20(24,17-7-3-1-4-8-17)18-9-5-2-6-10-18/h1-10,16,22,24H,11-15H2. The van der Waals surface area contributed by atoms with E-state index < -0.39 is 5.60 Å². The van der Waals surface area contributed by atoms with Crippen LogP contribution in [0.15, 0.2) is 60.7 Å². The fourth-order valence-corrected chi connectivity index (χ4v) is 3.32. The summed E-state index contributed by atoms with van der Waals surface area (Å²) in [5.74, 6) is -0.0492. The molecule has 3 rings (SSSR count). The zero-order valence-electron chi connectivity index (χ0n) is 13.6. The number of carbonyl (C=O) groups excluding carboxylic acids is 1. The van der Waals surface area contributed by atoms with Crippen LogP contribution in [0.3, 0.4) is 0 Å². The minimum atomic E-state index is -1.69. The number of hydrogen-bond acceptors (Lipinski definition) is 3. The number of benzene rings is 2. The molecule has 2 aromatic carbocycles. The minimum absolute atomic E-state index is 0.156. The van der Waals surface area contributed by atoms with E-state index in [1.165, 1.54) is 0 Å². The van der Waals surface area contributed by atoms with E-state index in [-0.39, 0.29) is 18.4 Å². The molecule has 1 amide bonds. The molecule has 1 aliphatic rings. The van der Waals surface area contributed by atoms with Gasteiger partial charge in [0, 0.05) is 19.7 Å². The first-order valence-corrected chi connectivity index (χ1v) is 8.40. The maximum Gasteiger partial charge on any atom is 0.263 e. The Bertz CT molecular complexity index is 624. The second-order valence-electron chi connectivity index (χ2n) is 6.36. The van der Waals surface area contributed by atoms with Crippen molar-refractivity contribution >= 4 is 5.91 Å². The average Bonchev–Trinajstić information content (AvgIpc) is 2.68.